The van der Waals surface area contributed by atoms with Crippen LogP contribution in [0.4, 0.5) is 9.93 Å². The first-order valence-electron chi connectivity index (χ1n) is 7.87. The Morgan fingerprint density at radius 3 is 2.76 bits per heavy atom. The summed E-state index contributed by atoms with van der Waals surface area (Å²) < 4.78 is 7.13. The standard InChI is InChI=1S/C17H17N5O2S/c1-17(2,3)13-14(22-10-18-9-19-22)25-15(20-13)21-8-11-6-4-5-7-12(11)24-16(21)23/h4-7,9-10H,8H2,1-3H3. The van der Waals surface area contributed by atoms with E-state index in [0.717, 1.165) is 16.3 Å². The van der Waals surface area contributed by atoms with Gasteiger partial charge in [0.15, 0.2) is 5.13 Å². The van der Waals surface area contributed by atoms with Crippen molar-refractivity contribution in [3.63, 3.8) is 0 Å². The van der Waals surface area contributed by atoms with E-state index < -0.39 is 6.09 Å². The maximum Gasteiger partial charge on any atom is 0.421 e. The molecule has 0 saturated heterocycles. The third kappa shape index (κ3) is 2.78. The SMILES string of the molecule is CC(C)(C)c1nc(N2Cc3ccccc3OC2=O)sc1-n1cncn1. The largest absolute Gasteiger partial charge is 0.421 e. The molecule has 0 bridgehead atoms. The molecular weight excluding hydrogens is 338 g/mol. The van der Waals surface area contributed by atoms with Crippen LogP contribution in [0.1, 0.15) is 32.0 Å². The number of para-hydroxylation sites is 1. The van der Waals surface area contributed by atoms with Crippen LogP contribution in [-0.2, 0) is 12.0 Å². The van der Waals surface area contributed by atoms with Crippen LogP contribution in [0.3, 0.4) is 0 Å². The number of carbonyl (C=O) groups is 1. The Morgan fingerprint density at radius 1 is 1.24 bits per heavy atom. The van der Waals surface area contributed by atoms with E-state index in [2.05, 4.69) is 30.9 Å². The Kier molecular flexibility index (Phi) is 3.57. The first kappa shape index (κ1) is 15.8. The maximum atomic E-state index is 12.4. The van der Waals surface area contributed by atoms with Crippen molar-refractivity contribution < 1.29 is 9.53 Å². The number of amides is 1. The molecule has 0 atom stereocenters. The molecule has 7 nitrogen and oxygen atoms in total. The van der Waals surface area contributed by atoms with Gasteiger partial charge in [0.1, 0.15) is 23.4 Å². The predicted octanol–water partition coefficient (Wildman–Crippen LogP) is 3.54. The van der Waals surface area contributed by atoms with Crippen LogP contribution in [0.25, 0.3) is 5.00 Å². The Labute approximate surface area is 148 Å². The van der Waals surface area contributed by atoms with Crippen molar-refractivity contribution in [1.82, 2.24) is 19.7 Å². The summed E-state index contributed by atoms with van der Waals surface area (Å²) in [5, 5.41) is 5.66. The van der Waals surface area contributed by atoms with Crippen LogP contribution >= 0.6 is 11.3 Å². The lowest BCUT2D eigenvalue weighted by molar-refractivity contribution is 0.203. The van der Waals surface area contributed by atoms with E-state index in [4.69, 9.17) is 9.72 Å². The van der Waals surface area contributed by atoms with E-state index >= 15 is 0 Å². The number of thiazole rings is 1. The summed E-state index contributed by atoms with van der Waals surface area (Å²) in [5.41, 5.74) is 1.62. The number of carbonyl (C=O) groups excluding carboxylic acids is 1. The van der Waals surface area contributed by atoms with Gasteiger partial charge in [-0.2, -0.15) is 5.10 Å². The Bertz CT molecular complexity index is 927. The van der Waals surface area contributed by atoms with Gasteiger partial charge in [-0.1, -0.05) is 50.3 Å². The van der Waals surface area contributed by atoms with Gasteiger partial charge in [0, 0.05) is 11.0 Å². The highest BCUT2D eigenvalue weighted by Crippen LogP contribution is 2.38. The molecule has 3 aromatic rings. The lowest BCUT2D eigenvalue weighted by atomic mass is 9.92. The summed E-state index contributed by atoms with van der Waals surface area (Å²) in [4.78, 5) is 22.8. The number of rotatable bonds is 2. The fraction of sp³-hybridized carbons (Fsp3) is 0.294. The second-order valence-electron chi connectivity index (χ2n) is 6.80. The number of anilines is 1. The minimum absolute atomic E-state index is 0.201. The summed E-state index contributed by atoms with van der Waals surface area (Å²) in [7, 11) is 0. The molecular formula is C17H17N5O2S. The van der Waals surface area contributed by atoms with E-state index in [1.165, 1.54) is 17.7 Å². The normalized spacial score (nSPS) is 14.4. The second kappa shape index (κ2) is 5.66. The van der Waals surface area contributed by atoms with Gasteiger partial charge in [-0.15, -0.1) is 0 Å². The third-order valence-electron chi connectivity index (χ3n) is 3.88. The van der Waals surface area contributed by atoms with Crippen LogP contribution in [0.5, 0.6) is 5.75 Å². The zero-order valence-corrected chi connectivity index (χ0v) is 14.9. The predicted molar refractivity (Wildman–Crippen MR) is 94.4 cm³/mol. The van der Waals surface area contributed by atoms with E-state index in [0.29, 0.717) is 17.4 Å². The molecule has 0 aliphatic carbocycles. The molecule has 1 amide bonds. The monoisotopic (exact) mass is 355 g/mol. The topological polar surface area (TPSA) is 73.1 Å². The number of ether oxygens (including phenoxy) is 1. The number of nitrogens with zero attached hydrogens (tertiary/aromatic N) is 5. The van der Waals surface area contributed by atoms with E-state index in [1.54, 1.807) is 22.0 Å². The first-order chi connectivity index (χ1) is 11.9. The highest BCUT2D eigenvalue weighted by molar-refractivity contribution is 7.18. The van der Waals surface area contributed by atoms with Crippen molar-refractivity contribution in [1.29, 1.82) is 0 Å². The molecule has 0 saturated carbocycles. The van der Waals surface area contributed by atoms with Crippen LogP contribution in [0.2, 0.25) is 0 Å². The molecule has 1 aliphatic heterocycles. The van der Waals surface area contributed by atoms with E-state index in [-0.39, 0.29) is 5.41 Å². The molecule has 0 unspecified atom stereocenters. The molecule has 2 aromatic heterocycles. The van der Waals surface area contributed by atoms with Crippen molar-refractivity contribution in [2.45, 2.75) is 32.7 Å². The number of fused-ring (bicyclic) bond motifs is 1. The van der Waals surface area contributed by atoms with Crippen LogP contribution in [-0.4, -0.2) is 25.8 Å². The van der Waals surface area contributed by atoms with Gasteiger partial charge in [-0.05, 0) is 6.07 Å². The fourth-order valence-corrected chi connectivity index (χ4v) is 3.83. The van der Waals surface area contributed by atoms with Crippen LogP contribution in [0, 0.1) is 0 Å². The highest BCUT2D eigenvalue weighted by atomic mass is 32.1. The van der Waals surface area contributed by atoms with Crippen molar-refractivity contribution in [2.24, 2.45) is 0 Å². The summed E-state index contributed by atoms with van der Waals surface area (Å²) in [6.45, 7) is 6.67. The zero-order valence-electron chi connectivity index (χ0n) is 14.1. The molecule has 0 radical (unpaired) electrons. The molecule has 8 heteroatoms. The summed E-state index contributed by atoms with van der Waals surface area (Å²) >= 11 is 1.40. The van der Waals surface area contributed by atoms with Crippen molar-refractivity contribution in [3.05, 3.63) is 48.2 Å². The van der Waals surface area contributed by atoms with Crippen LogP contribution in [0.15, 0.2) is 36.9 Å². The molecule has 128 valence electrons. The Hall–Kier alpha value is -2.74. The zero-order chi connectivity index (χ0) is 17.6. The van der Waals surface area contributed by atoms with Crippen molar-refractivity contribution in [2.75, 3.05) is 4.90 Å². The number of aromatic nitrogens is 4. The Morgan fingerprint density at radius 2 is 2.04 bits per heavy atom. The molecule has 3 heterocycles. The molecule has 0 N–H and O–H groups in total. The highest BCUT2D eigenvalue weighted by Gasteiger charge is 2.32. The molecule has 25 heavy (non-hydrogen) atoms. The molecule has 1 aliphatic rings. The second-order valence-corrected chi connectivity index (χ2v) is 7.76. The fourth-order valence-electron chi connectivity index (χ4n) is 2.64. The van der Waals surface area contributed by atoms with Gasteiger partial charge in [0.05, 0.1) is 12.2 Å². The van der Waals surface area contributed by atoms with Gasteiger partial charge < -0.3 is 4.74 Å². The van der Waals surface area contributed by atoms with E-state index in [9.17, 15) is 4.79 Å². The van der Waals surface area contributed by atoms with Gasteiger partial charge >= 0.3 is 6.09 Å². The van der Waals surface area contributed by atoms with E-state index in [1.807, 2.05) is 18.2 Å². The minimum atomic E-state index is -0.418. The minimum Gasteiger partial charge on any atom is -0.410 e. The van der Waals surface area contributed by atoms with Gasteiger partial charge in [-0.25, -0.2) is 24.3 Å². The lowest BCUT2D eigenvalue weighted by Gasteiger charge is -2.25. The molecule has 1 aromatic carbocycles. The average molecular weight is 355 g/mol. The number of hydrogen-bond donors (Lipinski definition) is 0. The van der Waals surface area contributed by atoms with Crippen molar-refractivity contribution >= 4 is 22.6 Å². The maximum absolute atomic E-state index is 12.4. The summed E-state index contributed by atoms with van der Waals surface area (Å²) in [6.07, 6.45) is 2.70. The number of hydrogen-bond acceptors (Lipinski definition) is 6. The Balaban J connectivity index is 1.78. The molecule has 0 fully saturated rings. The van der Waals surface area contributed by atoms with Crippen LogP contribution < -0.4 is 9.64 Å². The molecule has 4 rings (SSSR count). The smallest absolute Gasteiger partial charge is 0.410 e. The number of benzene rings is 1. The van der Waals surface area contributed by atoms with Crippen molar-refractivity contribution in [3.8, 4) is 10.8 Å². The molecule has 0 spiro atoms. The van der Waals surface area contributed by atoms with Gasteiger partial charge in [0.2, 0.25) is 0 Å². The lowest BCUT2D eigenvalue weighted by Crippen LogP contribution is -2.37. The first-order valence-corrected chi connectivity index (χ1v) is 8.69. The summed E-state index contributed by atoms with van der Waals surface area (Å²) in [5.74, 6) is 0.604. The van der Waals surface area contributed by atoms with Gasteiger partial charge in [0.25, 0.3) is 0 Å². The quantitative estimate of drug-likeness (QED) is 0.703. The van der Waals surface area contributed by atoms with Gasteiger partial charge in [-0.3, -0.25) is 0 Å². The average Bonchev–Trinajstić information content (AvgIpc) is 3.23. The summed E-state index contributed by atoms with van der Waals surface area (Å²) in [6, 6.07) is 7.53. The third-order valence-corrected chi connectivity index (χ3v) is 4.95.